The molecule has 2 aliphatic heterocycles. The monoisotopic (exact) mass is 383 g/mol. The van der Waals surface area contributed by atoms with E-state index in [-0.39, 0.29) is 12.5 Å². The minimum absolute atomic E-state index is 0.187. The van der Waals surface area contributed by atoms with Crippen molar-refractivity contribution in [2.45, 2.75) is 12.1 Å². The molecule has 4 rings (SSSR count). The lowest BCUT2D eigenvalue weighted by atomic mass is 10.1. The lowest BCUT2D eigenvalue weighted by Crippen LogP contribution is -2.43. The Morgan fingerprint density at radius 1 is 1.04 bits per heavy atom. The van der Waals surface area contributed by atoms with Gasteiger partial charge in [0.1, 0.15) is 6.54 Å². The molecule has 2 atom stereocenters. The number of halogens is 1. The van der Waals surface area contributed by atoms with Crippen LogP contribution in [0.3, 0.4) is 0 Å². The summed E-state index contributed by atoms with van der Waals surface area (Å²) in [7, 11) is 0. The van der Waals surface area contributed by atoms with E-state index in [9.17, 15) is 14.4 Å². The predicted octanol–water partition coefficient (Wildman–Crippen LogP) is 2.27. The SMILES string of the molecule is O=C(CN1N=N[C@@H]2C(=O)N(c3ccc(Cl)cc3)C(=O)[C@H]21)Nc1ccccc1. The highest BCUT2D eigenvalue weighted by Crippen LogP contribution is 2.32. The molecule has 2 aliphatic rings. The molecule has 2 heterocycles. The van der Waals surface area contributed by atoms with Crippen LogP contribution in [0.5, 0.6) is 0 Å². The maximum atomic E-state index is 12.8. The number of rotatable bonds is 4. The maximum absolute atomic E-state index is 12.8. The van der Waals surface area contributed by atoms with Crippen molar-refractivity contribution < 1.29 is 14.4 Å². The number of carbonyl (C=O) groups is 3. The van der Waals surface area contributed by atoms with E-state index in [0.29, 0.717) is 16.4 Å². The fourth-order valence-electron chi connectivity index (χ4n) is 3.07. The molecule has 0 unspecified atom stereocenters. The Balaban J connectivity index is 1.49. The van der Waals surface area contributed by atoms with Crippen molar-refractivity contribution in [1.29, 1.82) is 0 Å². The third kappa shape index (κ3) is 3.15. The second-order valence-corrected chi connectivity index (χ2v) is 6.53. The van der Waals surface area contributed by atoms with Crippen molar-refractivity contribution >= 4 is 40.7 Å². The number of fused-ring (bicyclic) bond motifs is 1. The minimum Gasteiger partial charge on any atom is -0.324 e. The van der Waals surface area contributed by atoms with Gasteiger partial charge in [-0.2, -0.15) is 5.11 Å². The number of carbonyl (C=O) groups excluding carboxylic acids is 3. The Kier molecular flexibility index (Phi) is 4.33. The molecule has 1 fully saturated rings. The van der Waals surface area contributed by atoms with Crippen molar-refractivity contribution in [2.75, 3.05) is 16.8 Å². The number of nitrogens with zero attached hydrogens (tertiary/aromatic N) is 4. The smallest absolute Gasteiger partial charge is 0.263 e. The van der Waals surface area contributed by atoms with Gasteiger partial charge in [0.15, 0.2) is 12.1 Å². The Morgan fingerprint density at radius 3 is 2.44 bits per heavy atom. The first kappa shape index (κ1) is 17.2. The van der Waals surface area contributed by atoms with Gasteiger partial charge in [-0.1, -0.05) is 35.0 Å². The first-order chi connectivity index (χ1) is 13.0. The number of benzene rings is 2. The van der Waals surface area contributed by atoms with Gasteiger partial charge < -0.3 is 5.32 Å². The van der Waals surface area contributed by atoms with E-state index >= 15 is 0 Å². The first-order valence-corrected chi connectivity index (χ1v) is 8.58. The highest BCUT2D eigenvalue weighted by Gasteiger charge is 2.55. The van der Waals surface area contributed by atoms with Crippen LogP contribution in [0.1, 0.15) is 0 Å². The van der Waals surface area contributed by atoms with Crippen LogP contribution >= 0.6 is 11.6 Å². The Hall–Kier alpha value is -3.26. The summed E-state index contributed by atoms with van der Waals surface area (Å²) in [5.41, 5.74) is 1.04. The summed E-state index contributed by atoms with van der Waals surface area (Å²) in [5, 5.41) is 12.2. The van der Waals surface area contributed by atoms with E-state index in [4.69, 9.17) is 11.6 Å². The molecule has 136 valence electrons. The van der Waals surface area contributed by atoms with Crippen LogP contribution in [0.15, 0.2) is 64.9 Å². The van der Waals surface area contributed by atoms with E-state index in [2.05, 4.69) is 15.7 Å². The lowest BCUT2D eigenvalue weighted by molar-refractivity contribution is -0.123. The number of para-hydroxylation sites is 1. The van der Waals surface area contributed by atoms with Crippen LogP contribution in [-0.4, -0.2) is 41.4 Å². The van der Waals surface area contributed by atoms with Crippen LogP contribution in [-0.2, 0) is 14.4 Å². The van der Waals surface area contributed by atoms with Gasteiger partial charge in [-0.05, 0) is 36.4 Å². The number of amides is 3. The predicted molar refractivity (Wildman–Crippen MR) is 98.2 cm³/mol. The largest absolute Gasteiger partial charge is 0.324 e. The number of imide groups is 1. The maximum Gasteiger partial charge on any atom is 0.263 e. The minimum atomic E-state index is -0.947. The zero-order valence-electron chi connectivity index (χ0n) is 13.9. The lowest BCUT2D eigenvalue weighted by Gasteiger charge is -2.20. The summed E-state index contributed by atoms with van der Waals surface area (Å²) in [6.07, 6.45) is 0. The molecule has 1 N–H and O–H groups in total. The molecule has 2 aromatic rings. The van der Waals surface area contributed by atoms with Gasteiger partial charge in [-0.25, -0.2) is 4.90 Å². The third-order valence-electron chi connectivity index (χ3n) is 4.31. The molecule has 0 radical (unpaired) electrons. The van der Waals surface area contributed by atoms with E-state index in [0.717, 1.165) is 4.90 Å². The topological polar surface area (TPSA) is 94.4 Å². The van der Waals surface area contributed by atoms with E-state index in [1.807, 2.05) is 6.07 Å². The van der Waals surface area contributed by atoms with E-state index < -0.39 is 23.9 Å². The summed E-state index contributed by atoms with van der Waals surface area (Å²) in [5.74, 6) is -1.29. The van der Waals surface area contributed by atoms with Gasteiger partial charge in [0.2, 0.25) is 5.91 Å². The second kappa shape index (κ2) is 6.81. The number of hydrogen-bond acceptors (Lipinski definition) is 6. The molecule has 0 aliphatic carbocycles. The van der Waals surface area contributed by atoms with Gasteiger partial charge in [-0.3, -0.25) is 19.4 Å². The van der Waals surface area contributed by atoms with Gasteiger partial charge >= 0.3 is 0 Å². The highest BCUT2D eigenvalue weighted by atomic mass is 35.5. The van der Waals surface area contributed by atoms with Gasteiger partial charge in [0.25, 0.3) is 11.8 Å². The second-order valence-electron chi connectivity index (χ2n) is 6.09. The van der Waals surface area contributed by atoms with Crippen molar-refractivity contribution in [1.82, 2.24) is 5.01 Å². The molecular weight excluding hydrogens is 370 g/mol. The molecule has 8 nitrogen and oxygen atoms in total. The summed E-state index contributed by atoms with van der Waals surface area (Å²) in [4.78, 5) is 38.7. The Bertz CT molecular complexity index is 932. The Morgan fingerprint density at radius 2 is 1.74 bits per heavy atom. The molecule has 0 saturated carbocycles. The fraction of sp³-hybridized carbons (Fsp3) is 0.167. The van der Waals surface area contributed by atoms with Crippen molar-refractivity contribution in [3.05, 3.63) is 59.6 Å². The zero-order chi connectivity index (χ0) is 19.0. The van der Waals surface area contributed by atoms with Crippen LogP contribution in [0, 0.1) is 0 Å². The van der Waals surface area contributed by atoms with Crippen LogP contribution in [0.4, 0.5) is 11.4 Å². The highest BCUT2D eigenvalue weighted by molar-refractivity contribution is 6.31. The van der Waals surface area contributed by atoms with Gasteiger partial charge in [-0.15, -0.1) is 0 Å². The quantitative estimate of drug-likeness (QED) is 0.819. The van der Waals surface area contributed by atoms with E-state index in [1.54, 1.807) is 48.5 Å². The van der Waals surface area contributed by atoms with Crippen molar-refractivity contribution in [3.8, 4) is 0 Å². The zero-order valence-corrected chi connectivity index (χ0v) is 14.7. The molecule has 9 heteroatoms. The standard InChI is InChI=1S/C18H14ClN5O3/c19-11-6-8-13(9-7-11)24-17(26)15-16(18(24)27)23(22-21-15)10-14(25)20-12-4-2-1-3-5-12/h1-9,15-16H,10H2,(H,20,25)/t15-,16-/m0/s1. The number of nitrogens with one attached hydrogen (secondary N) is 1. The summed E-state index contributed by atoms with van der Waals surface area (Å²) >= 11 is 5.86. The van der Waals surface area contributed by atoms with Crippen LogP contribution < -0.4 is 10.2 Å². The number of hydrogen-bond donors (Lipinski definition) is 1. The van der Waals surface area contributed by atoms with Crippen LogP contribution in [0.2, 0.25) is 5.02 Å². The Labute approximate surface area is 159 Å². The molecule has 2 aromatic carbocycles. The van der Waals surface area contributed by atoms with E-state index in [1.165, 1.54) is 5.01 Å². The molecule has 0 spiro atoms. The van der Waals surface area contributed by atoms with Gasteiger partial charge in [0, 0.05) is 10.7 Å². The van der Waals surface area contributed by atoms with Crippen molar-refractivity contribution in [3.63, 3.8) is 0 Å². The molecule has 3 amide bonds. The van der Waals surface area contributed by atoms with Gasteiger partial charge in [0.05, 0.1) is 5.69 Å². The molecule has 0 aromatic heterocycles. The molecule has 27 heavy (non-hydrogen) atoms. The normalized spacial score (nSPS) is 20.9. The summed E-state index contributed by atoms with van der Waals surface area (Å²) in [6, 6.07) is 13.4. The number of anilines is 2. The summed E-state index contributed by atoms with van der Waals surface area (Å²) < 4.78 is 0. The fourth-order valence-corrected chi connectivity index (χ4v) is 3.19. The average molecular weight is 384 g/mol. The first-order valence-electron chi connectivity index (χ1n) is 8.20. The summed E-state index contributed by atoms with van der Waals surface area (Å²) in [6.45, 7) is -0.187. The van der Waals surface area contributed by atoms with Crippen molar-refractivity contribution in [2.24, 2.45) is 10.3 Å². The molecule has 1 saturated heterocycles. The van der Waals surface area contributed by atoms with Crippen LogP contribution in [0.25, 0.3) is 0 Å². The molecule has 0 bridgehead atoms. The third-order valence-corrected chi connectivity index (χ3v) is 4.56. The molecular formula is C18H14ClN5O3. The average Bonchev–Trinajstić information content (AvgIpc) is 3.17.